The van der Waals surface area contributed by atoms with Crippen LogP contribution >= 0.6 is 0 Å². The Balaban J connectivity index is 1.60. The minimum Gasteiger partial charge on any atom is -0.336 e. The summed E-state index contributed by atoms with van der Waals surface area (Å²) >= 11 is 0. The van der Waals surface area contributed by atoms with E-state index in [1.165, 1.54) is 10.9 Å². The van der Waals surface area contributed by atoms with Crippen LogP contribution in [0.2, 0.25) is 0 Å². The maximum atomic E-state index is 12.8. The van der Waals surface area contributed by atoms with Crippen molar-refractivity contribution in [3.05, 3.63) is 45.7 Å². The topological polar surface area (TPSA) is 48.8 Å². The maximum absolute atomic E-state index is 12.8. The third kappa shape index (κ3) is 3.71. The second-order valence-corrected chi connectivity index (χ2v) is 8.85. The van der Waals surface area contributed by atoms with Gasteiger partial charge in [-0.05, 0) is 51.9 Å². The lowest BCUT2D eigenvalue weighted by molar-refractivity contribution is -0.138. The minimum absolute atomic E-state index is 0.111. The van der Waals surface area contributed by atoms with Crippen molar-refractivity contribution < 1.29 is 4.79 Å². The van der Waals surface area contributed by atoms with E-state index < -0.39 is 0 Å². The van der Waals surface area contributed by atoms with Crippen molar-refractivity contribution in [2.45, 2.75) is 51.9 Å². The lowest BCUT2D eigenvalue weighted by Crippen LogP contribution is -2.59. The first-order chi connectivity index (χ1) is 13.9. The summed E-state index contributed by atoms with van der Waals surface area (Å²) in [7, 11) is 3.86. The van der Waals surface area contributed by atoms with Gasteiger partial charge in [-0.1, -0.05) is 18.2 Å². The Bertz CT molecular complexity index is 981. The molecule has 0 spiro atoms. The molecule has 0 bridgehead atoms. The summed E-state index contributed by atoms with van der Waals surface area (Å²) in [6.45, 7) is 7.90. The third-order valence-corrected chi connectivity index (χ3v) is 6.67. The average molecular weight is 397 g/mol. The molecule has 0 saturated carbocycles. The highest BCUT2D eigenvalue weighted by Crippen LogP contribution is 2.28. The van der Waals surface area contributed by atoms with E-state index in [1.54, 1.807) is 0 Å². The van der Waals surface area contributed by atoms with Gasteiger partial charge >= 0.3 is 0 Å². The quantitative estimate of drug-likeness (QED) is 0.792. The fourth-order valence-corrected chi connectivity index (χ4v) is 4.93. The molecule has 2 aromatic rings. The summed E-state index contributed by atoms with van der Waals surface area (Å²) in [4.78, 5) is 31.7. The highest BCUT2D eigenvalue weighted by Gasteiger charge is 2.33. The second kappa shape index (κ2) is 7.92. The number of benzene rings is 1. The van der Waals surface area contributed by atoms with Crippen LogP contribution < -0.4 is 5.56 Å². The van der Waals surface area contributed by atoms with Crippen LogP contribution in [0, 0.1) is 0 Å². The van der Waals surface area contributed by atoms with Gasteiger partial charge in [0, 0.05) is 49.7 Å². The fraction of sp³-hybridized carbons (Fsp3) is 0.565. The number of aromatic nitrogens is 1. The molecule has 0 unspecified atom stereocenters. The minimum atomic E-state index is 0.111. The first kappa shape index (κ1) is 20.1. The van der Waals surface area contributed by atoms with Crippen molar-refractivity contribution >= 4 is 16.8 Å². The lowest BCUT2D eigenvalue weighted by atomic mass is 9.97. The van der Waals surface area contributed by atoms with Crippen molar-refractivity contribution in [2.24, 2.45) is 0 Å². The molecule has 29 heavy (non-hydrogen) atoms. The van der Waals surface area contributed by atoms with Crippen LogP contribution in [0.25, 0.3) is 10.9 Å². The molecule has 1 fully saturated rings. The van der Waals surface area contributed by atoms with Crippen LogP contribution in [0.15, 0.2) is 29.1 Å². The largest absolute Gasteiger partial charge is 0.336 e. The summed E-state index contributed by atoms with van der Waals surface area (Å²) in [6, 6.07) is 8.64. The second-order valence-electron chi connectivity index (χ2n) is 8.85. The van der Waals surface area contributed by atoms with Crippen molar-refractivity contribution in [2.75, 3.05) is 33.7 Å². The van der Waals surface area contributed by atoms with E-state index in [0.717, 1.165) is 50.1 Å². The number of carbonyl (C=O) groups is 1. The van der Waals surface area contributed by atoms with Crippen LogP contribution in [-0.4, -0.2) is 71.0 Å². The number of pyridine rings is 1. The zero-order valence-electron chi connectivity index (χ0n) is 18.0. The summed E-state index contributed by atoms with van der Waals surface area (Å²) in [5, 5.41) is 1.20. The average Bonchev–Trinajstić information content (AvgIpc) is 2.68. The van der Waals surface area contributed by atoms with Gasteiger partial charge < -0.3 is 14.4 Å². The lowest BCUT2D eigenvalue weighted by Gasteiger charge is -2.45. The van der Waals surface area contributed by atoms with E-state index in [1.807, 2.05) is 34.5 Å². The van der Waals surface area contributed by atoms with Crippen LogP contribution in [0.5, 0.6) is 0 Å². The smallest absolute Gasteiger partial charge is 0.251 e. The van der Waals surface area contributed by atoms with Gasteiger partial charge in [-0.3, -0.25) is 14.5 Å². The Morgan fingerprint density at radius 3 is 2.69 bits per heavy atom. The van der Waals surface area contributed by atoms with Gasteiger partial charge in [0.1, 0.15) is 0 Å². The standard InChI is InChI=1S/C23H32N4O2/c1-16-17(2)26(22(29)15-24(3)4)12-11-25(16)14-19-13-21(28)27-10-6-8-18-7-5-9-20(19)23(18)27/h5,7,9,13,16-17H,6,8,10-12,14-15H2,1-4H3/t16-,17-/m1/s1. The molecule has 2 atom stereocenters. The van der Waals surface area contributed by atoms with Gasteiger partial charge in [0.15, 0.2) is 0 Å². The van der Waals surface area contributed by atoms with Gasteiger partial charge in [0.05, 0.1) is 12.1 Å². The molecular formula is C23H32N4O2. The Hall–Kier alpha value is -2.18. The molecule has 156 valence electrons. The normalized spacial score (nSPS) is 22.4. The number of likely N-dealkylation sites (N-methyl/N-ethyl adjacent to an activating group) is 1. The molecule has 0 aliphatic carbocycles. The number of hydrogen-bond acceptors (Lipinski definition) is 4. The summed E-state index contributed by atoms with van der Waals surface area (Å²) in [5.41, 5.74) is 3.63. The van der Waals surface area contributed by atoms with Crippen molar-refractivity contribution in [1.82, 2.24) is 19.3 Å². The molecule has 6 heteroatoms. The zero-order chi connectivity index (χ0) is 20.7. The van der Waals surface area contributed by atoms with Crippen LogP contribution in [0.3, 0.4) is 0 Å². The van der Waals surface area contributed by atoms with E-state index in [4.69, 9.17) is 0 Å². The Kier molecular flexibility index (Phi) is 5.49. The van der Waals surface area contributed by atoms with E-state index >= 15 is 0 Å². The predicted octanol–water partition coefficient (Wildman–Crippen LogP) is 1.93. The van der Waals surface area contributed by atoms with E-state index in [0.29, 0.717) is 6.54 Å². The Morgan fingerprint density at radius 1 is 1.14 bits per heavy atom. The van der Waals surface area contributed by atoms with Gasteiger partial charge in [-0.25, -0.2) is 0 Å². The number of aryl methyl sites for hydroxylation is 2. The monoisotopic (exact) mass is 396 g/mol. The van der Waals surface area contributed by atoms with E-state index in [-0.39, 0.29) is 23.6 Å². The third-order valence-electron chi connectivity index (χ3n) is 6.67. The molecule has 1 aromatic carbocycles. The molecule has 0 N–H and O–H groups in total. The molecule has 3 heterocycles. The van der Waals surface area contributed by atoms with Crippen molar-refractivity contribution in [3.63, 3.8) is 0 Å². The predicted molar refractivity (Wildman–Crippen MR) is 116 cm³/mol. The molecule has 6 nitrogen and oxygen atoms in total. The summed E-state index contributed by atoms with van der Waals surface area (Å²) < 4.78 is 1.95. The van der Waals surface area contributed by atoms with Crippen molar-refractivity contribution in [1.29, 1.82) is 0 Å². The Labute approximate surface area is 172 Å². The molecule has 2 aliphatic rings. The summed E-state index contributed by atoms with van der Waals surface area (Å²) in [6.07, 6.45) is 2.07. The molecule has 0 radical (unpaired) electrons. The number of piperazine rings is 1. The molecule has 1 amide bonds. The first-order valence-electron chi connectivity index (χ1n) is 10.7. The number of carbonyl (C=O) groups excluding carboxylic acids is 1. The SMILES string of the molecule is C[C@@H]1[C@@H](C)N(C(=O)CN(C)C)CCN1Cc1cc(=O)n2c3c(cccc13)CCC2. The number of para-hydroxylation sites is 1. The van der Waals surface area contributed by atoms with Crippen LogP contribution in [0.1, 0.15) is 31.4 Å². The molecule has 4 rings (SSSR count). The van der Waals surface area contributed by atoms with Crippen LogP contribution in [-0.2, 0) is 24.3 Å². The highest BCUT2D eigenvalue weighted by atomic mass is 16.2. The van der Waals surface area contributed by atoms with E-state index in [2.05, 4.69) is 36.9 Å². The fourth-order valence-electron chi connectivity index (χ4n) is 4.93. The molecular weight excluding hydrogens is 364 g/mol. The Morgan fingerprint density at radius 2 is 1.93 bits per heavy atom. The molecule has 1 saturated heterocycles. The zero-order valence-corrected chi connectivity index (χ0v) is 18.0. The number of hydrogen-bond donors (Lipinski definition) is 0. The molecule has 2 aliphatic heterocycles. The number of amides is 1. The van der Waals surface area contributed by atoms with E-state index in [9.17, 15) is 9.59 Å². The van der Waals surface area contributed by atoms with Gasteiger partial charge in [-0.2, -0.15) is 0 Å². The van der Waals surface area contributed by atoms with Gasteiger partial charge in [0.25, 0.3) is 5.56 Å². The molecule has 1 aromatic heterocycles. The number of nitrogens with zero attached hydrogens (tertiary/aromatic N) is 4. The van der Waals surface area contributed by atoms with Gasteiger partial charge in [-0.15, -0.1) is 0 Å². The van der Waals surface area contributed by atoms with Gasteiger partial charge in [0.2, 0.25) is 5.91 Å². The number of rotatable bonds is 4. The maximum Gasteiger partial charge on any atom is 0.251 e. The van der Waals surface area contributed by atoms with Crippen molar-refractivity contribution in [3.8, 4) is 0 Å². The summed E-state index contributed by atoms with van der Waals surface area (Å²) in [5.74, 6) is 0.189. The highest BCUT2D eigenvalue weighted by molar-refractivity contribution is 5.86. The van der Waals surface area contributed by atoms with Crippen LogP contribution in [0.4, 0.5) is 0 Å². The first-order valence-corrected chi connectivity index (χ1v) is 10.7.